The number of rotatable bonds is 6. The Balaban J connectivity index is 1.68. The number of fused-ring (bicyclic) bond motifs is 1. The monoisotopic (exact) mass is 404 g/mol. The van der Waals surface area contributed by atoms with Crippen LogP contribution >= 0.6 is 24.4 Å². The second kappa shape index (κ2) is 8.52. The number of nitrogens with zero attached hydrogens (tertiary/aromatic N) is 2. The number of thioether (sulfide) groups is 1. The molecule has 0 unspecified atom stereocenters. The lowest BCUT2D eigenvalue weighted by Crippen LogP contribution is -2.27. The second-order valence-electron chi connectivity index (χ2n) is 7.42. The predicted molar refractivity (Wildman–Crippen MR) is 109 cm³/mol. The first-order chi connectivity index (χ1) is 12.8. The average Bonchev–Trinajstić information content (AvgIpc) is 3.06. The van der Waals surface area contributed by atoms with Crippen molar-refractivity contribution in [3.05, 3.63) is 41.1 Å². The molecule has 0 N–H and O–H groups in total. The van der Waals surface area contributed by atoms with E-state index in [4.69, 9.17) is 9.47 Å². The number of thiol groups is 1. The van der Waals surface area contributed by atoms with Crippen LogP contribution in [0.3, 0.4) is 0 Å². The molecule has 1 heterocycles. The summed E-state index contributed by atoms with van der Waals surface area (Å²) in [5, 5.41) is 0.671. The summed E-state index contributed by atoms with van der Waals surface area (Å²) in [6, 6.07) is 8.03. The average molecular weight is 405 g/mol. The van der Waals surface area contributed by atoms with Crippen LogP contribution in [0.1, 0.15) is 44.0 Å². The van der Waals surface area contributed by atoms with Crippen LogP contribution in [0.4, 0.5) is 0 Å². The normalized spacial score (nSPS) is 13.3. The van der Waals surface area contributed by atoms with E-state index in [0.717, 1.165) is 41.2 Å². The largest absolute Gasteiger partial charge is 0.465 e. The van der Waals surface area contributed by atoms with Gasteiger partial charge in [-0.25, -0.2) is 9.78 Å². The van der Waals surface area contributed by atoms with Crippen LogP contribution in [0.2, 0.25) is 0 Å². The molecule has 0 fully saturated rings. The molecule has 0 saturated heterocycles. The van der Waals surface area contributed by atoms with E-state index >= 15 is 0 Å². The molecule has 3 rings (SSSR count). The fourth-order valence-electron chi connectivity index (χ4n) is 2.80. The molecule has 1 aliphatic carbocycles. The molecule has 5 nitrogen and oxygen atoms in total. The number of hydrogen-bond acceptors (Lipinski definition) is 7. The first-order valence-corrected chi connectivity index (χ1v) is 10.4. The maximum Gasteiger partial charge on any atom is 0.344 e. The molecule has 1 aromatic heterocycles. The van der Waals surface area contributed by atoms with Crippen LogP contribution in [-0.2, 0) is 28.1 Å². The van der Waals surface area contributed by atoms with Gasteiger partial charge in [-0.15, -0.1) is 12.6 Å². The summed E-state index contributed by atoms with van der Waals surface area (Å²) >= 11 is 5.87. The van der Waals surface area contributed by atoms with Crippen molar-refractivity contribution in [3.63, 3.8) is 0 Å². The highest BCUT2D eigenvalue weighted by Crippen LogP contribution is 2.31. The number of carbonyl (C=O) groups is 1. The third-order valence-electron chi connectivity index (χ3n) is 3.93. The Morgan fingerprint density at radius 2 is 1.93 bits per heavy atom. The number of esters is 1. The van der Waals surface area contributed by atoms with Gasteiger partial charge < -0.3 is 9.47 Å². The van der Waals surface area contributed by atoms with E-state index in [1.54, 1.807) is 11.8 Å². The Morgan fingerprint density at radius 1 is 1.19 bits per heavy atom. The molecule has 0 aliphatic heterocycles. The van der Waals surface area contributed by atoms with E-state index in [9.17, 15) is 4.79 Å². The zero-order valence-electron chi connectivity index (χ0n) is 15.8. The fraction of sp³-hybridized carbons (Fsp3) is 0.450. The number of aromatic nitrogens is 2. The molecule has 27 heavy (non-hydrogen) atoms. The topological polar surface area (TPSA) is 61.3 Å². The van der Waals surface area contributed by atoms with Gasteiger partial charge in [-0.3, -0.25) is 0 Å². The molecule has 0 spiro atoms. The van der Waals surface area contributed by atoms with Crippen molar-refractivity contribution in [3.8, 4) is 5.88 Å². The van der Waals surface area contributed by atoms with E-state index in [1.165, 1.54) is 5.56 Å². The van der Waals surface area contributed by atoms with Crippen molar-refractivity contribution in [1.82, 2.24) is 9.97 Å². The summed E-state index contributed by atoms with van der Waals surface area (Å²) in [7, 11) is 0. The van der Waals surface area contributed by atoms with Crippen molar-refractivity contribution < 1.29 is 14.3 Å². The van der Waals surface area contributed by atoms with Crippen molar-refractivity contribution >= 4 is 30.4 Å². The molecular formula is C20H24N2O3S2. The SMILES string of the molecule is CC(C)(C)OC(=O)COc1nc(SCc2ccc(S)cc2)nc2c1CCC2. The van der Waals surface area contributed by atoms with Crippen LogP contribution in [-0.4, -0.2) is 28.1 Å². The Bertz CT molecular complexity index is 817. The molecule has 1 aliphatic rings. The Morgan fingerprint density at radius 3 is 2.63 bits per heavy atom. The van der Waals surface area contributed by atoms with Gasteiger partial charge in [0.15, 0.2) is 11.8 Å². The van der Waals surface area contributed by atoms with Gasteiger partial charge in [0.25, 0.3) is 0 Å². The van der Waals surface area contributed by atoms with E-state index in [2.05, 4.69) is 22.6 Å². The number of benzene rings is 1. The number of aryl methyl sites for hydroxylation is 1. The summed E-state index contributed by atoms with van der Waals surface area (Å²) in [6.45, 7) is 5.36. The van der Waals surface area contributed by atoms with Gasteiger partial charge in [0.1, 0.15) is 5.60 Å². The first-order valence-electron chi connectivity index (χ1n) is 8.95. The second-order valence-corrected chi connectivity index (χ2v) is 8.88. The minimum atomic E-state index is -0.530. The van der Waals surface area contributed by atoms with Crippen LogP contribution in [0.5, 0.6) is 5.88 Å². The number of ether oxygens (including phenoxy) is 2. The van der Waals surface area contributed by atoms with Gasteiger partial charge in [0.05, 0.1) is 5.69 Å². The Hall–Kier alpha value is -1.73. The summed E-state index contributed by atoms with van der Waals surface area (Å²) < 4.78 is 11.0. The van der Waals surface area contributed by atoms with E-state index in [1.807, 2.05) is 45.0 Å². The van der Waals surface area contributed by atoms with Crippen molar-refractivity contribution in [2.24, 2.45) is 0 Å². The lowest BCUT2D eigenvalue weighted by Gasteiger charge is -2.19. The Kier molecular flexibility index (Phi) is 6.32. The fourth-order valence-corrected chi connectivity index (χ4v) is 3.76. The molecule has 0 bridgehead atoms. The summed E-state index contributed by atoms with van der Waals surface area (Å²) in [6.07, 6.45) is 2.83. The highest BCUT2D eigenvalue weighted by atomic mass is 32.2. The van der Waals surface area contributed by atoms with Crippen LogP contribution in [0, 0.1) is 0 Å². The third-order valence-corrected chi connectivity index (χ3v) is 5.14. The van der Waals surface area contributed by atoms with Gasteiger partial charge in [0.2, 0.25) is 5.88 Å². The highest BCUT2D eigenvalue weighted by molar-refractivity contribution is 7.98. The molecule has 7 heteroatoms. The van der Waals surface area contributed by atoms with Crippen molar-refractivity contribution in [2.75, 3.05) is 6.61 Å². The highest BCUT2D eigenvalue weighted by Gasteiger charge is 2.22. The summed E-state index contributed by atoms with van der Waals surface area (Å²) in [5.41, 5.74) is 2.69. The van der Waals surface area contributed by atoms with Gasteiger partial charge in [-0.1, -0.05) is 23.9 Å². The molecule has 0 radical (unpaired) electrons. The van der Waals surface area contributed by atoms with Crippen LogP contribution < -0.4 is 4.74 Å². The van der Waals surface area contributed by atoms with Gasteiger partial charge in [0, 0.05) is 16.2 Å². The van der Waals surface area contributed by atoms with Crippen LogP contribution in [0.25, 0.3) is 0 Å². The molecule has 0 amide bonds. The molecule has 1 aromatic carbocycles. The standard InChI is InChI=1S/C20H24N2O3S2/c1-20(2,3)25-17(23)11-24-18-15-5-4-6-16(15)21-19(22-18)27-12-13-7-9-14(26)10-8-13/h7-10,26H,4-6,11-12H2,1-3H3. The zero-order chi connectivity index (χ0) is 19.4. The number of hydrogen-bond donors (Lipinski definition) is 1. The maximum atomic E-state index is 12.0. The van der Waals surface area contributed by atoms with Crippen molar-refractivity contribution in [2.45, 2.75) is 61.4 Å². The van der Waals surface area contributed by atoms with Gasteiger partial charge in [-0.05, 0) is 57.7 Å². The van der Waals surface area contributed by atoms with Crippen LogP contribution in [0.15, 0.2) is 34.3 Å². The van der Waals surface area contributed by atoms with Gasteiger partial charge >= 0.3 is 5.97 Å². The maximum absolute atomic E-state index is 12.0. The minimum absolute atomic E-state index is 0.145. The molecule has 0 atom stereocenters. The van der Waals surface area contributed by atoms with E-state index in [-0.39, 0.29) is 6.61 Å². The predicted octanol–water partition coefficient (Wildman–Crippen LogP) is 4.27. The smallest absolute Gasteiger partial charge is 0.344 e. The molecule has 2 aromatic rings. The third kappa shape index (κ3) is 5.87. The summed E-state index contributed by atoms with van der Waals surface area (Å²) in [5.74, 6) is 0.878. The van der Waals surface area contributed by atoms with Gasteiger partial charge in [-0.2, -0.15) is 4.98 Å². The zero-order valence-corrected chi connectivity index (χ0v) is 17.5. The summed E-state index contributed by atoms with van der Waals surface area (Å²) in [4.78, 5) is 22.1. The Labute approximate surface area is 169 Å². The minimum Gasteiger partial charge on any atom is -0.465 e. The lowest BCUT2D eigenvalue weighted by molar-refractivity contribution is -0.157. The molecule has 144 valence electrons. The number of carbonyl (C=O) groups excluding carboxylic acids is 1. The quantitative estimate of drug-likeness (QED) is 0.336. The van der Waals surface area contributed by atoms with Crippen molar-refractivity contribution in [1.29, 1.82) is 0 Å². The molecule has 0 saturated carbocycles. The first kappa shape index (κ1) is 20.0. The van der Waals surface area contributed by atoms with E-state index in [0.29, 0.717) is 11.0 Å². The lowest BCUT2D eigenvalue weighted by atomic mass is 10.2. The molecular weight excluding hydrogens is 380 g/mol. The van der Waals surface area contributed by atoms with E-state index < -0.39 is 11.6 Å².